The van der Waals surface area contributed by atoms with Crippen molar-refractivity contribution in [1.29, 1.82) is 0 Å². The van der Waals surface area contributed by atoms with Crippen molar-refractivity contribution in [3.63, 3.8) is 0 Å². The van der Waals surface area contributed by atoms with E-state index < -0.39 is 15.9 Å². The van der Waals surface area contributed by atoms with E-state index in [4.69, 9.17) is 10.9 Å². The van der Waals surface area contributed by atoms with Crippen LogP contribution in [0.25, 0.3) is 11.1 Å². The number of anilines is 5. The minimum absolute atomic E-state index is 0.101. The smallest absolute Gasteiger partial charge is 0.240 e. The second kappa shape index (κ2) is 15.8. The second-order valence-electron chi connectivity index (χ2n) is 13.8. The van der Waals surface area contributed by atoms with E-state index in [1.54, 1.807) is 6.07 Å². The van der Waals surface area contributed by atoms with Crippen molar-refractivity contribution in [2.75, 3.05) is 81.7 Å². The zero-order valence-corrected chi connectivity index (χ0v) is 32.2. The van der Waals surface area contributed by atoms with Gasteiger partial charge in [0.15, 0.2) is 0 Å². The number of nitrogens with zero attached hydrogens (tertiary/aromatic N) is 4. The second-order valence-corrected chi connectivity index (χ2v) is 15.3. The van der Waals surface area contributed by atoms with E-state index in [1.165, 1.54) is 6.07 Å². The van der Waals surface area contributed by atoms with Gasteiger partial charge in [0, 0.05) is 85.0 Å². The Kier molecular flexibility index (Phi) is 11.5. The molecule has 8 nitrogen and oxygen atoms in total. The highest BCUT2D eigenvalue weighted by molar-refractivity contribution is 7.89. The summed E-state index contributed by atoms with van der Waals surface area (Å²) in [4.78, 5) is 8.17. The first kappa shape index (κ1) is 37.7. The molecule has 4 N–H and O–H groups in total. The monoisotopic (exact) mass is 714 g/mol. The molecule has 0 aliphatic carbocycles. The summed E-state index contributed by atoms with van der Waals surface area (Å²) in [6.45, 7) is 0. The number of para-hydroxylation sites is 1. The van der Waals surface area contributed by atoms with E-state index >= 15 is 0 Å². The third-order valence-corrected chi connectivity index (χ3v) is 10.2. The van der Waals surface area contributed by atoms with Gasteiger partial charge in [0.1, 0.15) is 4.90 Å². The van der Waals surface area contributed by atoms with Crippen LogP contribution in [0.15, 0.2) is 132 Å². The Hall–Kier alpha value is -5.51. The molecule has 5 rings (SSSR count). The number of nitrogens with two attached hydrogens (primary N) is 2. The van der Waals surface area contributed by atoms with Gasteiger partial charge in [-0.2, -0.15) is 0 Å². The highest BCUT2D eigenvalue weighted by atomic mass is 32.2. The molecule has 0 fully saturated rings. The highest BCUT2D eigenvalue weighted by Crippen LogP contribution is 2.38. The molecule has 0 saturated carbocycles. The molecule has 0 aliphatic heterocycles. The van der Waals surface area contributed by atoms with Crippen LogP contribution in [-0.4, -0.2) is 64.8 Å². The van der Waals surface area contributed by atoms with Crippen molar-refractivity contribution in [1.82, 2.24) is 0 Å². The maximum Gasteiger partial charge on any atom is 0.240 e. The van der Waals surface area contributed by atoms with E-state index in [0.29, 0.717) is 5.56 Å². The van der Waals surface area contributed by atoms with Gasteiger partial charge in [0.2, 0.25) is 10.0 Å². The van der Waals surface area contributed by atoms with E-state index in [2.05, 4.69) is 129 Å². The van der Waals surface area contributed by atoms with Crippen molar-refractivity contribution in [3.05, 3.63) is 155 Å². The van der Waals surface area contributed by atoms with Crippen LogP contribution >= 0.6 is 0 Å². The summed E-state index contributed by atoms with van der Waals surface area (Å²) in [5, 5.41) is 5.69. The molecule has 5 aromatic carbocycles. The first-order valence-electron chi connectivity index (χ1n) is 17.1. The minimum atomic E-state index is -4.09. The fourth-order valence-corrected chi connectivity index (χ4v) is 6.85. The highest BCUT2D eigenvalue weighted by Gasteiger charge is 2.21. The van der Waals surface area contributed by atoms with Gasteiger partial charge in [-0.1, -0.05) is 72.8 Å². The average Bonchev–Trinajstić information content (AvgIpc) is 3.12. The molecule has 9 heteroatoms. The van der Waals surface area contributed by atoms with E-state index in [9.17, 15) is 8.42 Å². The van der Waals surface area contributed by atoms with Crippen molar-refractivity contribution < 1.29 is 8.42 Å². The van der Waals surface area contributed by atoms with Crippen molar-refractivity contribution >= 4 is 49.6 Å². The Bertz CT molecular complexity index is 1930. The largest absolute Gasteiger partial charge is 0.397 e. The van der Waals surface area contributed by atoms with E-state index in [1.807, 2.05) is 62.4 Å². The van der Waals surface area contributed by atoms with Crippen molar-refractivity contribution in [3.8, 4) is 0 Å². The number of hydrogen-bond acceptors (Lipinski definition) is 7. The summed E-state index contributed by atoms with van der Waals surface area (Å²) in [6.07, 6.45) is 4.35. The molecule has 0 bridgehead atoms. The Morgan fingerprint density at radius 3 is 1.04 bits per heavy atom. The minimum Gasteiger partial charge on any atom is -0.397 e. The van der Waals surface area contributed by atoms with E-state index in [-0.39, 0.29) is 10.6 Å². The molecule has 0 unspecified atom stereocenters. The molecule has 0 spiro atoms. The number of primary sulfonamides is 1. The predicted molar refractivity (Wildman–Crippen MR) is 222 cm³/mol. The quantitative estimate of drug-likeness (QED) is 0.129. The lowest BCUT2D eigenvalue weighted by Gasteiger charge is -2.21. The van der Waals surface area contributed by atoms with Crippen LogP contribution in [0.4, 0.5) is 28.4 Å². The maximum atomic E-state index is 12.8. The fourth-order valence-electron chi connectivity index (χ4n) is 6.16. The van der Waals surface area contributed by atoms with Gasteiger partial charge in [-0.15, -0.1) is 0 Å². The van der Waals surface area contributed by atoms with Crippen LogP contribution in [-0.2, 0) is 10.0 Å². The zero-order valence-electron chi connectivity index (χ0n) is 31.4. The number of allylic oxidation sites excluding steroid dienone is 2. The number of rotatable bonds is 12. The SMILES string of the molecule is CN(C)c1ccc(C(=CC(C=C(c2ccc(N(C)C)cc2)c2ccc(N(C)C)cc2)c2cccc(S(N)(=O)=O)c2N)c2ccc(N(C)C)cc2)cc1. The van der Waals surface area contributed by atoms with Gasteiger partial charge in [-0.05, 0) is 93.6 Å². The van der Waals surface area contributed by atoms with Crippen molar-refractivity contribution in [2.24, 2.45) is 5.14 Å². The Morgan fingerprint density at radius 1 is 0.500 bits per heavy atom. The molecule has 0 saturated heterocycles. The van der Waals surface area contributed by atoms with Crippen LogP contribution < -0.4 is 30.5 Å². The lowest BCUT2D eigenvalue weighted by molar-refractivity contribution is 0.598. The molecular weight excluding hydrogens is 665 g/mol. The van der Waals surface area contributed by atoms with Crippen molar-refractivity contribution in [2.45, 2.75) is 10.8 Å². The van der Waals surface area contributed by atoms with Gasteiger partial charge >= 0.3 is 0 Å². The summed E-state index contributed by atoms with van der Waals surface area (Å²) in [5.74, 6) is -0.476. The molecule has 0 atom stereocenters. The molecular formula is C43H50N6O2S. The third kappa shape index (κ3) is 8.67. The number of benzene rings is 5. The van der Waals surface area contributed by atoms with Crippen LogP contribution in [0.3, 0.4) is 0 Å². The molecule has 0 heterocycles. The van der Waals surface area contributed by atoms with Gasteiger partial charge in [0.25, 0.3) is 0 Å². The molecule has 0 radical (unpaired) electrons. The van der Waals surface area contributed by atoms with Gasteiger partial charge in [0.05, 0.1) is 5.69 Å². The molecule has 0 aliphatic rings. The maximum absolute atomic E-state index is 12.8. The number of nitrogen functional groups attached to an aromatic ring is 1. The summed E-state index contributed by atoms with van der Waals surface area (Å²) >= 11 is 0. The lowest BCUT2D eigenvalue weighted by Crippen LogP contribution is -2.16. The number of sulfonamides is 1. The van der Waals surface area contributed by atoms with Gasteiger partial charge in [-0.3, -0.25) is 0 Å². The Morgan fingerprint density at radius 2 is 0.788 bits per heavy atom. The first-order valence-corrected chi connectivity index (χ1v) is 18.6. The molecule has 5 aromatic rings. The predicted octanol–water partition coefficient (Wildman–Crippen LogP) is 7.53. The summed E-state index contributed by atoms with van der Waals surface area (Å²) in [6, 6.07) is 38.8. The Balaban J connectivity index is 1.84. The Labute approximate surface area is 310 Å². The fraction of sp³-hybridized carbons (Fsp3) is 0.209. The number of hydrogen-bond donors (Lipinski definition) is 2. The molecule has 0 aromatic heterocycles. The van der Waals surface area contributed by atoms with Crippen LogP contribution in [0, 0.1) is 0 Å². The summed E-state index contributed by atoms with van der Waals surface area (Å²) in [5.41, 5.74) is 17.8. The zero-order chi connectivity index (χ0) is 37.7. The van der Waals surface area contributed by atoms with Gasteiger partial charge in [-0.25, -0.2) is 13.6 Å². The third-order valence-electron chi connectivity index (χ3n) is 9.24. The standard InChI is InChI=1S/C43H50N6O2S/c1-46(2)35-20-12-30(13-21-35)40(31-14-22-36(23-15-31)47(3)4)28-34(39-10-9-11-42(43(39)44)52(45,50)51)29-41(32-16-24-37(25-17-32)48(5)6)33-18-26-38(27-19-33)49(7)8/h9-29,34H,44H2,1-8H3,(H2,45,50,51). The summed E-state index contributed by atoms with van der Waals surface area (Å²) < 4.78 is 25.5. The van der Waals surface area contributed by atoms with Gasteiger partial charge < -0.3 is 25.3 Å². The normalized spacial score (nSPS) is 11.2. The topological polar surface area (TPSA) is 99.1 Å². The van der Waals surface area contributed by atoms with E-state index in [0.717, 1.165) is 56.1 Å². The summed E-state index contributed by atoms with van der Waals surface area (Å²) in [7, 11) is 12.1. The lowest BCUT2D eigenvalue weighted by atomic mass is 9.86. The average molecular weight is 715 g/mol. The van der Waals surface area contributed by atoms with Crippen LogP contribution in [0.5, 0.6) is 0 Å². The first-order chi connectivity index (χ1) is 24.6. The molecule has 0 amide bonds. The molecule has 52 heavy (non-hydrogen) atoms. The van der Waals surface area contributed by atoms with Crippen LogP contribution in [0.2, 0.25) is 0 Å². The van der Waals surface area contributed by atoms with Crippen LogP contribution in [0.1, 0.15) is 33.7 Å². The molecule has 270 valence electrons.